The van der Waals surface area contributed by atoms with E-state index in [0.717, 1.165) is 22.3 Å². The van der Waals surface area contributed by atoms with Crippen LogP contribution in [0, 0.1) is 6.92 Å². The van der Waals surface area contributed by atoms with E-state index in [9.17, 15) is 4.79 Å². The first-order valence-electron chi connectivity index (χ1n) is 5.89. The highest BCUT2D eigenvalue weighted by Crippen LogP contribution is 2.21. The van der Waals surface area contributed by atoms with E-state index < -0.39 is 0 Å². The van der Waals surface area contributed by atoms with Crippen LogP contribution in [0.3, 0.4) is 0 Å². The van der Waals surface area contributed by atoms with Crippen LogP contribution in [-0.2, 0) is 0 Å². The molecule has 1 N–H and O–H groups in total. The van der Waals surface area contributed by atoms with Crippen molar-refractivity contribution in [1.29, 1.82) is 0 Å². The summed E-state index contributed by atoms with van der Waals surface area (Å²) in [7, 11) is 1.62. The van der Waals surface area contributed by atoms with Crippen LogP contribution in [0.4, 0.5) is 0 Å². The van der Waals surface area contributed by atoms with Crippen LogP contribution in [0.5, 0.6) is 5.75 Å². The average Bonchev–Trinajstić information content (AvgIpc) is 2.37. The van der Waals surface area contributed by atoms with E-state index in [2.05, 4.69) is 10.3 Å². The summed E-state index contributed by atoms with van der Waals surface area (Å²) < 4.78 is 5.16. The van der Waals surface area contributed by atoms with Crippen LogP contribution in [0.1, 0.15) is 23.0 Å². The average molecular weight is 244 g/mol. The molecule has 0 aliphatic carbocycles. The molecule has 0 spiro atoms. The van der Waals surface area contributed by atoms with E-state index in [1.807, 2.05) is 38.1 Å². The summed E-state index contributed by atoms with van der Waals surface area (Å²) in [5, 5.41) is 3.72. The Hall–Kier alpha value is -2.10. The molecule has 0 saturated carbocycles. The zero-order valence-corrected chi connectivity index (χ0v) is 10.8. The number of fused-ring (bicyclic) bond motifs is 1. The Morgan fingerprint density at radius 3 is 2.83 bits per heavy atom. The lowest BCUT2D eigenvalue weighted by atomic mass is 10.1. The molecular weight excluding hydrogens is 228 g/mol. The normalized spacial score (nSPS) is 10.4. The Kier molecular flexibility index (Phi) is 3.46. The first-order chi connectivity index (χ1) is 8.65. The van der Waals surface area contributed by atoms with E-state index in [0.29, 0.717) is 12.1 Å². The molecule has 2 aromatic rings. The Balaban J connectivity index is 2.52. The van der Waals surface area contributed by atoms with Crippen molar-refractivity contribution in [3.63, 3.8) is 0 Å². The van der Waals surface area contributed by atoms with Gasteiger partial charge in [-0.1, -0.05) is 0 Å². The standard InChI is InChI=1S/C14H16N2O2/c1-4-15-14(17)12-7-10-5-6-11(18-3)8-13(10)16-9(12)2/h5-8H,4H2,1-3H3,(H,15,17). The second-order valence-electron chi connectivity index (χ2n) is 4.04. The van der Waals surface area contributed by atoms with Gasteiger partial charge in [0, 0.05) is 18.0 Å². The zero-order chi connectivity index (χ0) is 13.1. The van der Waals surface area contributed by atoms with Crippen LogP contribution < -0.4 is 10.1 Å². The number of ether oxygens (including phenoxy) is 1. The zero-order valence-electron chi connectivity index (χ0n) is 10.8. The lowest BCUT2D eigenvalue weighted by molar-refractivity contribution is 0.0955. The summed E-state index contributed by atoms with van der Waals surface area (Å²) in [5.41, 5.74) is 2.18. The van der Waals surface area contributed by atoms with Crippen LogP contribution in [0.15, 0.2) is 24.3 Å². The van der Waals surface area contributed by atoms with Crippen LogP contribution in [0.25, 0.3) is 10.9 Å². The van der Waals surface area contributed by atoms with Gasteiger partial charge in [-0.05, 0) is 32.0 Å². The maximum absolute atomic E-state index is 11.9. The molecule has 0 unspecified atom stereocenters. The van der Waals surface area contributed by atoms with E-state index in [1.54, 1.807) is 7.11 Å². The summed E-state index contributed by atoms with van der Waals surface area (Å²) in [5.74, 6) is 0.681. The molecule has 1 aromatic carbocycles. The minimum Gasteiger partial charge on any atom is -0.497 e. The van der Waals surface area contributed by atoms with Gasteiger partial charge in [0.2, 0.25) is 0 Å². The third kappa shape index (κ3) is 2.27. The van der Waals surface area contributed by atoms with Gasteiger partial charge in [-0.15, -0.1) is 0 Å². The number of aromatic nitrogens is 1. The van der Waals surface area contributed by atoms with Crippen molar-refractivity contribution in [2.24, 2.45) is 0 Å². The highest BCUT2D eigenvalue weighted by molar-refractivity contribution is 5.98. The summed E-state index contributed by atoms with van der Waals surface area (Å²) >= 11 is 0. The number of hydrogen-bond donors (Lipinski definition) is 1. The number of methoxy groups -OCH3 is 1. The molecule has 0 saturated heterocycles. The Bertz CT molecular complexity index is 594. The molecule has 18 heavy (non-hydrogen) atoms. The fourth-order valence-electron chi connectivity index (χ4n) is 1.86. The number of pyridine rings is 1. The first-order valence-corrected chi connectivity index (χ1v) is 5.89. The van der Waals surface area contributed by atoms with Gasteiger partial charge in [0.1, 0.15) is 5.75 Å². The molecule has 94 valence electrons. The summed E-state index contributed by atoms with van der Waals surface area (Å²) in [4.78, 5) is 16.3. The topological polar surface area (TPSA) is 51.2 Å². The second-order valence-corrected chi connectivity index (χ2v) is 4.04. The molecule has 0 radical (unpaired) electrons. The van der Waals surface area contributed by atoms with Crippen molar-refractivity contribution >= 4 is 16.8 Å². The van der Waals surface area contributed by atoms with Crippen LogP contribution in [-0.4, -0.2) is 24.5 Å². The molecule has 0 atom stereocenters. The lowest BCUT2D eigenvalue weighted by Gasteiger charge is -2.08. The number of carbonyl (C=O) groups excluding carboxylic acids is 1. The fraction of sp³-hybridized carbons (Fsp3) is 0.286. The predicted molar refractivity (Wildman–Crippen MR) is 71.0 cm³/mol. The van der Waals surface area contributed by atoms with E-state index in [1.165, 1.54) is 0 Å². The van der Waals surface area contributed by atoms with Crippen molar-refractivity contribution in [2.45, 2.75) is 13.8 Å². The SMILES string of the molecule is CCNC(=O)c1cc2ccc(OC)cc2nc1C. The Morgan fingerprint density at radius 1 is 1.39 bits per heavy atom. The smallest absolute Gasteiger partial charge is 0.253 e. The molecule has 1 amide bonds. The van der Waals surface area contributed by atoms with E-state index >= 15 is 0 Å². The van der Waals surface area contributed by atoms with Gasteiger partial charge >= 0.3 is 0 Å². The first kappa shape index (κ1) is 12.4. The van der Waals surface area contributed by atoms with Crippen molar-refractivity contribution in [2.75, 3.05) is 13.7 Å². The van der Waals surface area contributed by atoms with Crippen LogP contribution in [0.2, 0.25) is 0 Å². The monoisotopic (exact) mass is 244 g/mol. The van der Waals surface area contributed by atoms with Gasteiger partial charge in [0.15, 0.2) is 0 Å². The maximum atomic E-state index is 11.9. The van der Waals surface area contributed by atoms with Crippen molar-refractivity contribution in [3.8, 4) is 5.75 Å². The van der Waals surface area contributed by atoms with Crippen LogP contribution >= 0.6 is 0 Å². The number of carbonyl (C=O) groups is 1. The number of hydrogen-bond acceptors (Lipinski definition) is 3. The third-order valence-electron chi connectivity index (χ3n) is 2.80. The quantitative estimate of drug-likeness (QED) is 0.901. The van der Waals surface area contributed by atoms with E-state index in [-0.39, 0.29) is 5.91 Å². The lowest BCUT2D eigenvalue weighted by Crippen LogP contribution is -2.23. The molecule has 1 heterocycles. The van der Waals surface area contributed by atoms with Gasteiger partial charge in [0.25, 0.3) is 5.91 Å². The molecule has 2 rings (SSSR count). The number of nitrogens with zero attached hydrogens (tertiary/aromatic N) is 1. The number of amides is 1. The highest BCUT2D eigenvalue weighted by Gasteiger charge is 2.10. The van der Waals surface area contributed by atoms with Crippen molar-refractivity contribution in [1.82, 2.24) is 10.3 Å². The second kappa shape index (κ2) is 5.04. The number of aryl methyl sites for hydroxylation is 1. The van der Waals surface area contributed by atoms with Crippen molar-refractivity contribution in [3.05, 3.63) is 35.5 Å². The van der Waals surface area contributed by atoms with Gasteiger partial charge in [0.05, 0.1) is 23.9 Å². The summed E-state index contributed by atoms with van der Waals surface area (Å²) in [6, 6.07) is 7.50. The third-order valence-corrected chi connectivity index (χ3v) is 2.80. The molecule has 4 nitrogen and oxygen atoms in total. The number of nitrogens with one attached hydrogen (secondary N) is 1. The maximum Gasteiger partial charge on any atom is 0.253 e. The molecule has 0 fully saturated rings. The summed E-state index contributed by atoms with van der Waals surface area (Å²) in [6.45, 7) is 4.34. The van der Waals surface area contributed by atoms with Gasteiger partial charge in [-0.25, -0.2) is 0 Å². The Morgan fingerprint density at radius 2 is 2.17 bits per heavy atom. The largest absolute Gasteiger partial charge is 0.497 e. The highest BCUT2D eigenvalue weighted by atomic mass is 16.5. The van der Waals surface area contributed by atoms with Crippen molar-refractivity contribution < 1.29 is 9.53 Å². The molecular formula is C14H16N2O2. The predicted octanol–water partition coefficient (Wildman–Crippen LogP) is 2.30. The molecule has 0 aliphatic rings. The Labute approximate surface area is 106 Å². The van der Waals surface area contributed by atoms with E-state index in [4.69, 9.17) is 4.74 Å². The minimum absolute atomic E-state index is 0.0831. The molecule has 4 heteroatoms. The summed E-state index contributed by atoms with van der Waals surface area (Å²) in [6.07, 6.45) is 0. The minimum atomic E-state index is -0.0831. The van der Waals surface area contributed by atoms with Gasteiger partial charge in [-0.3, -0.25) is 9.78 Å². The molecule has 0 aliphatic heterocycles. The van der Waals surface area contributed by atoms with Gasteiger partial charge in [-0.2, -0.15) is 0 Å². The molecule has 0 bridgehead atoms. The number of rotatable bonds is 3. The fourth-order valence-corrected chi connectivity index (χ4v) is 1.86. The molecule has 1 aromatic heterocycles. The van der Waals surface area contributed by atoms with Gasteiger partial charge < -0.3 is 10.1 Å². The number of benzene rings is 1.